The van der Waals surface area contributed by atoms with Gasteiger partial charge in [-0.1, -0.05) is 77.3 Å². The first kappa shape index (κ1) is 26.2. The zero-order valence-corrected chi connectivity index (χ0v) is 25.1. The molecule has 0 fully saturated rings. The van der Waals surface area contributed by atoms with Crippen LogP contribution in [0.15, 0.2) is 91.0 Å². The van der Waals surface area contributed by atoms with Gasteiger partial charge in [0.15, 0.2) is 0 Å². The Morgan fingerprint density at radius 3 is 2.26 bits per heavy atom. The number of fused-ring (bicyclic) bond motifs is 4. The van der Waals surface area contributed by atoms with Gasteiger partial charge in [-0.15, -0.1) is 40.1 Å². The second-order valence-corrected chi connectivity index (χ2v) is 13.5. The molecular weight excluding hydrogens is 563 g/mol. The molecule has 5 aromatic rings. The van der Waals surface area contributed by atoms with Crippen molar-refractivity contribution in [1.29, 1.82) is 0 Å². The molecule has 1 aliphatic heterocycles. The maximum Gasteiger partial charge on any atom is 0.0920 e. The molecule has 5 aromatic carbocycles. The molecule has 0 spiro atoms. The molecular formula is C31H26Cl2SiZr. The van der Waals surface area contributed by atoms with Crippen molar-refractivity contribution in [2.45, 2.75) is 27.2 Å². The van der Waals surface area contributed by atoms with Crippen molar-refractivity contribution in [2.24, 2.45) is 0 Å². The van der Waals surface area contributed by atoms with Crippen molar-refractivity contribution < 1.29 is 20.8 Å². The van der Waals surface area contributed by atoms with Crippen LogP contribution < -0.4 is 10.4 Å². The van der Waals surface area contributed by atoms with Crippen LogP contribution in [-0.4, -0.2) is 9.52 Å². The first-order chi connectivity index (χ1) is 17.1. The van der Waals surface area contributed by atoms with Gasteiger partial charge >= 0.3 is 37.9 Å². The number of hydrogen-bond acceptors (Lipinski definition) is 0. The molecule has 0 nitrogen and oxygen atoms in total. The van der Waals surface area contributed by atoms with Crippen LogP contribution in [0.1, 0.15) is 23.6 Å². The molecule has 35 heavy (non-hydrogen) atoms. The SMILES string of the molecule is CCc1cc2c(-c3ccccc3C)c(C)ccc2[cH-]1.[Cl][Zr+2][Cl].[c-]1cccc2c1[Si]c1ccccc1-2. The van der Waals surface area contributed by atoms with E-state index in [1.807, 2.05) is 6.07 Å². The number of benzene rings is 4. The van der Waals surface area contributed by atoms with Gasteiger partial charge in [0.1, 0.15) is 0 Å². The third kappa shape index (κ3) is 5.95. The van der Waals surface area contributed by atoms with Crippen LogP contribution >= 0.6 is 17.0 Å². The molecule has 0 aliphatic carbocycles. The van der Waals surface area contributed by atoms with E-state index in [0.29, 0.717) is 0 Å². The fraction of sp³-hybridized carbons (Fsp3) is 0.129. The van der Waals surface area contributed by atoms with Gasteiger partial charge in [0, 0.05) is 0 Å². The van der Waals surface area contributed by atoms with E-state index >= 15 is 0 Å². The molecule has 6 rings (SSSR count). The molecule has 1 heterocycles. The number of halogens is 2. The fourth-order valence-corrected chi connectivity index (χ4v) is 5.90. The van der Waals surface area contributed by atoms with E-state index in [-0.39, 0.29) is 0 Å². The van der Waals surface area contributed by atoms with Crippen molar-refractivity contribution in [3.8, 4) is 22.3 Å². The van der Waals surface area contributed by atoms with Gasteiger partial charge in [-0.25, -0.2) is 0 Å². The first-order valence-electron chi connectivity index (χ1n) is 11.7. The second kappa shape index (κ2) is 12.4. The summed E-state index contributed by atoms with van der Waals surface area (Å²) in [5.41, 5.74) is 9.65. The maximum atomic E-state index is 4.93. The van der Waals surface area contributed by atoms with E-state index in [2.05, 4.69) is 112 Å². The van der Waals surface area contributed by atoms with Crippen LogP contribution in [0.4, 0.5) is 0 Å². The summed E-state index contributed by atoms with van der Waals surface area (Å²) in [5.74, 6) is 0. The van der Waals surface area contributed by atoms with Crippen molar-refractivity contribution in [2.75, 3.05) is 0 Å². The van der Waals surface area contributed by atoms with Crippen LogP contribution in [0.2, 0.25) is 0 Å². The van der Waals surface area contributed by atoms with Gasteiger partial charge in [-0.05, 0) is 31.4 Å². The Hall–Kier alpha value is -1.83. The molecule has 0 atom stereocenters. The topological polar surface area (TPSA) is 0 Å². The van der Waals surface area contributed by atoms with E-state index in [0.717, 1.165) is 15.9 Å². The van der Waals surface area contributed by atoms with Gasteiger partial charge < -0.3 is 0 Å². The van der Waals surface area contributed by atoms with Crippen molar-refractivity contribution in [3.63, 3.8) is 0 Å². The molecule has 0 saturated heterocycles. The Morgan fingerprint density at radius 1 is 0.829 bits per heavy atom. The van der Waals surface area contributed by atoms with Gasteiger partial charge in [0.05, 0.1) is 9.52 Å². The number of rotatable bonds is 2. The summed E-state index contributed by atoms with van der Waals surface area (Å²) in [7, 11) is 10.7. The predicted octanol–water partition coefficient (Wildman–Crippen LogP) is 7.90. The minimum atomic E-state index is -0.826. The fourth-order valence-electron chi connectivity index (χ4n) is 4.59. The zero-order chi connectivity index (χ0) is 24.8. The molecule has 0 amide bonds. The molecule has 4 heteroatoms. The number of aryl methyl sites for hydroxylation is 3. The van der Waals surface area contributed by atoms with Crippen LogP contribution in [0.3, 0.4) is 0 Å². The van der Waals surface area contributed by atoms with Gasteiger partial charge in [-0.2, -0.15) is 35.5 Å². The van der Waals surface area contributed by atoms with Gasteiger partial charge in [0.2, 0.25) is 0 Å². The van der Waals surface area contributed by atoms with Gasteiger partial charge in [-0.3, -0.25) is 0 Å². The Morgan fingerprint density at radius 2 is 1.51 bits per heavy atom. The van der Waals surface area contributed by atoms with E-state index in [4.69, 9.17) is 17.0 Å². The summed E-state index contributed by atoms with van der Waals surface area (Å²) < 4.78 is 0. The minimum Gasteiger partial charge on any atom is -0.184 e. The molecule has 0 aromatic heterocycles. The van der Waals surface area contributed by atoms with E-state index in [1.165, 1.54) is 60.1 Å². The summed E-state index contributed by atoms with van der Waals surface area (Å²) in [5, 5.41) is 5.58. The Balaban J connectivity index is 0.000000156. The van der Waals surface area contributed by atoms with Crippen LogP contribution in [-0.2, 0) is 27.3 Å². The van der Waals surface area contributed by atoms with E-state index in [9.17, 15) is 0 Å². The Bertz CT molecular complexity index is 1390. The number of hydrogen-bond donors (Lipinski definition) is 0. The summed E-state index contributed by atoms with van der Waals surface area (Å²) >= 11 is -0.826. The smallest absolute Gasteiger partial charge is 0.0920 e. The van der Waals surface area contributed by atoms with Crippen molar-refractivity contribution in [3.05, 3.63) is 114 Å². The molecule has 2 radical (unpaired) electrons. The largest absolute Gasteiger partial charge is 0.184 e. The predicted molar refractivity (Wildman–Crippen MR) is 151 cm³/mol. The molecule has 0 bridgehead atoms. The Kier molecular flexibility index (Phi) is 9.31. The maximum absolute atomic E-state index is 4.93. The monoisotopic (exact) mass is 586 g/mol. The average Bonchev–Trinajstić information content (AvgIpc) is 3.47. The third-order valence-corrected chi connectivity index (χ3v) is 7.68. The standard InChI is InChI=1S/C19H19.C12H7Si.2ClH.Zr/c1-4-15-11-16-10-9-14(3)19(18(16)12-15)17-8-6-5-7-13(17)2;1-3-7-11-9(5-1)10-6-2-4-8-12(10)13-11;;;/h5-12H,4H2,1-3H3;1-7H;2*1H;/q2*-1;;;+4/p-2. The molecule has 0 unspecified atom stereocenters. The quantitative estimate of drug-likeness (QED) is 0.143. The summed E-state index contributed by atoms with van der Waals surface area (Å²) in [6.45, 7) is 6.62. The Labute approximate surface area is 230 Å². The summed E-state index contributed by atoms with van der Waals surface area (Å²) in [6.07, 6.45) is 1.10. The van der Waals surface area contributed by atoms with E-state index < -0.39 is 20.8 Å². The summed E-state index contributed by atoms with van der Waals surface area (Å²) in [4.78, 5) is 0. The van der Waals surface area contributed by atoms with Crippen LogP contribution in [0.5, 0.6) is 0 Å². The van der Waals surface area contributed by atoms with Crippen molar-refractivity contribution >= 4 is 47.7 Å². The molecule has 1 aliphatic rings. The van der Waals surface area contributed by atoms with E-state index in [1.54, 1.807) is 0 Å². The first-order valence-corrected chi connectivity index (χ1v) is 19.0. The second-order valence-electron chi connectivity index (χ2n) is 8.49. The third-order valence-electron chi connectivity index (χ3n) is 6.31. The molecule has 0 saturated carbocycles. The van der Waals surface area contributed by atoms with Gasteiger partial charge in [0.25, 0.3) is 0 Å². The minimum absolute atomic E-state index is 0.795. The zero-order valence-electron chi connectivity index (χ0n) is 20.1. The van der Waals surface area contributed by atoms with Crippen molar-refractivity contribution in [1.82, 2.24) is 0 Å². The van der Waals surface area contributed by atoms with Crippen LogP contribution in [0, 0.1) is 19.9 Å². The molecule has 172 valence electrons. The average molecular weight is 589 g/mol. The van der Waals surface area contributed by atoms with Crippen LogP contribution in [0.25, 0.3) is 33.0 Å². The summed E-state index contributed by atoms with van der Waals surface area (Å²) in [6, 6.07) is 36.0. The normalized spacial score (nSPS) is 10.9. The molecule has 0 N–H and O–H groups in total.